The first-order chi connectivity index (χ1) is 12.8. The lowest BCUT2D eigenvalue weighted by atomic mass is 10.0. The minimum atomic E-state index is 0.528. The molecule has 0 aliphatic carbocycles. The maximum atomic E-state index is 5.53. The molecule has 4 rings (SSSR count). The predicted octanol–water partition coefficient (Wildman–Crippen LogP) is 3.48. The average molecular weight is 349 g/mol. The van der Waals surface area contributed by atoms with Crippen LogP contribution in [0.25, 0.3) is 16.9 Å². The Labute approximate surface area is 153 Å². The summed E-state index contributed by atoms with van der Waals surface area (Å²) in [4.78, 5) is 8.98. The minimum Gasteiger partial charge on any atom is -0.381 e. The number of rotatable bonds is 5. The van der Waals surface area contributed by atoms with Gasteiger partial charge in [0.05, 0.1) is 24.2 Å². The number of nitrogens with one attached hydrogen (secondary N) is 1. The molecule has 0 bridgehead atoms. The van der Waals surface area contributed by atoms with Crippen LogP contribution in [0.3, 0.4) is 0 Å². The van der Waals surface area contributed by atoms with Crippen LogP contribution in [0.2, 0.25) is 0 Å². The fourth-order valence-corrected chi connectivity index (χ4v) is 3.22. The summed E-state index contributed by atoms with van der Waals surface area (Å²) < 4.78 is 7.41. The molecule has 1 saturated heterocycles. The van der Waals surface area contributed by atoms with Crippen LogP contribution in [0.15, 0.2) is 48.9 Å². The van der Waals surface area contributed by atoms with Gasteiger partial charge in [0.15, 0.2) is 0 Å². The molecule has 3 heterocycles. The van der Waals surface area contributed by atoms with E-state index in [4.69, 9.17) is 4.74 Å². The Morgan fingerprint density at radius 2 is 2.19 bits per heavy atom. The third-order valence-corrected chi connectivity index (χ3v) is 4.70. The van der Waals surface area contributed by atoms with Crippen LogP contribution in [-0.2, 0) is 4.74 Å². The third-order valence-electron chi connectivity index (χ3n) is 4.70. The van der Waals surface area contributed by atoms with Crippen LogP contribution < -0.4 is 5.32 Å². The molecule has 1 N–H and O–H groups in total. The lowest BCUT2D eigenvalue weighted by Gasteiger charge is -2.22. The predicted molar refractivity (Wildman–Crippen MR) is 101 cm³/mol. The Hall–Kier alpha value is -2.73. The molecule has 1 aromatic carbocycles. The number of para-hydroxylation sites is 1. The molecule has 6 nitrogen and oxygen atoms in total. The van der Waals surface area contributed by atoms with E-state index in [1.165, 1.54) is 12.0 Å². The lowest BCUT2D eigenvalue weighted by molar-refractivity contribution is 0.0594. The van der Waals surface area contributed by atoms with Gasteiger partial charge >= 0.3 is 0 Å². The zero-order valence-electron chi connectivity index (χ0n) is 14.9. The van der Waals surface area contributed by atoms with Gasteiger partial charge in [0.1, 0.15) is 0 Å². The van der Waals surface area contributed by atoms with Gasteiger partial charge in [-0.3, -0.25) is 0 Å². The van der Waals surface area contributed by atoms with E-state index < -0.39 is 0 Å². The molecule has 0 radical (unpaired) electrons. The second-order valence-electron chi connectivity index (χ2n) is 6.69. The summed E-state index contributed by atoms with van der Waals surface area (Å²) in [6.07, 6.45) is 7.95. The van der Waals surface area contributed by atoms with Gasteiger partial charge in [0.25, 0.3) is 0 Å². The van der Waals surface area contributed by atoms with E-state index in [2.05, 4.69) is 39.4 Å². The zero-order chi connectivity index (χ0) is 17.8. The Balaban J connectivity index is 1.49. The topological polar surface area (TPSA) is 64.9 Å². The molecule has 6 heteroatoms. The summed E-state index contributed by atoms with van der Waals surface area (Å²) in [6.45, 7) is 4.62. The van der Waals surface area contributed by atoms with E-state index >= 15 is 0 Å². The third kappa shape index (κ3) is 3.75. The molecule has 26 heavy (non-hydrogen) atoms. The van der Waals surface area contributed by atoms with Crippen molar-refractivity contribution in [3.05, 3.63) is 54.5 Å². The highest BCUT2D eigenvalue weighted by atomic mass is 16.5. The highest BCUT2D eigenvalue weighted by molar-refractivity contribution is 5.59. The van der Waals surface area contributed by atoms with Gasteiger partial charge in [-0.15, -0.1) is 0 Å². The number of ether oxygens (including phenoxy) is 1. The van der Waals surface area contributed by atoms with Crippen molar-refractivity contribution < 1.29 is 4.74 Å². The van der Waals surface area contributed by atoms with Gasteiger partial charge in [-0.25, -0.2) is 14.6 Å². The van der Waals surface area contributed by atoms with Crippen LogP contribution in [0, 0.1) is 12.8 Å². The Morgan fingerprint density at radius 3 is 3.04 bits per heavy atom. The van der Waals surface area contributed by atoms with Crippen LogP contribution in [0.5, 0.6) is 0 Å². The van der Waals surface area contributed by atoms with Crippen molar-refractivity contribution in [2.75, 3.05) is 25.1 Å². The summed E-state index contributed by atoms with van der Waals surface area (Å²) in [5, 5.41) is 7.83. The first-order valence-electron chi connectivity index (χ1n) is 9.05. The van der Waals surface area contributed by atoms with Crippen LogP contribution in [-0.4, -0.2) is 39.5 Å². The molecular weight excluding hydrogens is 326 g/mol. The van der Waals surface area contributed by atoms with Gasteiger partial charge in [0, 0.05) is 31.1 Å². The SMILES string of the molecule is Cc1ccccc1-n1cc(-c2ccnc(NCC3CCCOC3)n2)cn1. The van der Waals surface area contributed by atoms with Crippen molar-refractivity contribution in [1.82, 2.24) is 19.7 Å². The van der Waals surface area contributed by atoms with Crippen molar-refractivity contribution in [3.63, 3.8) is 0 Å². The van der Waals surface area contributed by atoms with E-state index in [0.29, 0.717) is 11.9 Å². The van der Waals surface area contributed by atoms with E-state index in [-0.39, 0.29) is 0 Å². The fourth-order valence-electron chi connectivity index (χ4n) is 3.22. The summed E-state index contributed by atoms with van der Waals surface area (Å²) in [6, 6.07) is 10.1. The number of aromatic nitrogens is 4. The molecular formula is C20H23N5O. The minimum absolute atomic E-state index is 0.528. The summed E-state index contributed by atoms with van der Waals surface area (Å²) >= 11 is 0. The number of anilines is 1. The molecule has 0 spiro atoms. The number of aryl methyl sites for hydroxylation is 1. The normalized spacial score (nSPS) is 17.2. The quantitative estimate of drug-likeness (QED) is 0.764. The highest BCUT2D eigenvalue weighted by Gasteiger charge is 2.14. The first-order valence-corrected chi connectivity index (χ1v) is 9.05. The lowest BCUT2D eigenvalue weighted by Crippen LogP contribution is -2.24. The Kier molecular flexibility index (Phi) is 4.93. The molecule has 0 saturated carbocycles. The second kappa shape index (κ2) is 7.66. The van der Waals surface area contributed by atoms with Crippen molar-refractivity contribution >= 4 is 5.95 Å². The molecule has 1 fully saturated rings. The number of hydrogen-bond acceptors (Lipinski definition) is 5. The largest absolute Gasteiger partial charge is 0.381 e. The first kappa shape index (κ1) is 16.7. The molecule has 2 aromatic heterocycles. The number of hydrogen-bond donors (Lipinski definition) is 1. The van der Waals surface area contributed by atoms with E-state index in [1.807, 2.05) is 35.3 Å². The monoisotopic (exact) mass is 349 g/mol. The number of benzene rings is 1. The second-order valence-corrected chi connectivity index (χ2v) is 6.69. The summed E-state index contributed by atoms with van der Waals surface area (Å²) in [7, 11) is 0. The highest BCUT2D eigenvalue weighted by Crippen LogP contribution is 2.21. The van der Waals surface area contributed by atoms with Crippen LogP contribution >= 0.6 is 0 Å². The van der Waals surface area contributed by atoms with Crippen molar-refractivity contribution in [2.24, 2.45) is 5.92 Å². The molecule has 1 unspecified atom stereocenters. The van der Waals surface area contributed by atoms with Crippen LogP contribution in [0.4, 0.5) is 5.95 Å². The summed E-state index contributed by atoms with van der Waals surface area (Å²) in [5.41, 5.74) is 4.09. The average Bonchev–Trinajstić information content (AvgIpc) is 3.18. The van der Waals surface area contributed by atoms with E-state index in [9.17, 15) is 0 Å². The van der Waals surface area contributed by atoms with Gasteiger partial charge < -0.3 is 10.1 Å². The molecule has 0 amide bonds. The van der Waals surface area contributed by atoms with Gasteiger partial charge in [-0.1, -0.05) is 18.2 Å². The Morgan fingerprint density at radius 1 is 1.27 bits per heavy atom. The molecule has 1 aliphatic heterocycles. The number of nitrogens with zero attached hydrogens (tertiary/aromatic N) is 4. The maximum Gasteiger partial charge on any atom is 0.223 e. The van der Waals surface area contributed by atoms with Gasteiger partial charge in [0.2, 0.25) is 5.95 Å². The van der Waals surface area contributed by atoms with E-state index in [0.717, 1.165) is 43.1 Å². The molecule has 1 atom stereocenters. The van der Waals surface area contributed by atoms with Gasteiger partial charge in [-0.05, 0) is 43.4 Å². The van der Waals surface area contributed by atoms with E-state index in [1.54, 1.807) is 6.20 Å². The Bertz CT molecular complexity index is 870. The maximum absolute atomic E-state index is 5.53. The van der Waals surface area contributed by atoms with Crippen molar-refractivity contribution in [1.29, 1.82) is 0 Å². The van der Waals surface area contributed by atoms with Crippen LogP contribution in [0.1, 0.15) is 18.4 Å². The molecule has 1 aliphatic rings. The van der Waals surface area contributed by atoms with Crippen molar-refractivity contribution in [3.8, 4) is 16.9 Å². The summed E-state index contributed by atoms with van der Waals surface area (Å²) in [5.74, 6) is 1.18. The van der Waals surface area contributed by atoms with Gasteiger partial charge in [-0.2, -0.15) is 5.10 Å². The van der Waals surface area contributed by atoms with Crippen molar-refractivity contribution in [2.45, 2.75) is 19.8 Å². The zero-order valence-corrected chi connectivity index (χ0v) is 14.9. The molecule has 3 aromatic rings. The smallest absolute Gasteiger partial charge is 0.223 e. The standard InChI is InChI=1S/C20H23N5O/c1-15-5-2-3-7-19(15)25-13-17(12-23-25)18-8-9-21-20(24-18)22-11-16-6-4-10-26-14-16/h2-3,5,7-9,12-13,16H,4,6,10-11,14H2,1H3,(H,21,22,24). The fraction of sp³-hybridized carbons (Fsp3) is 0.350. The molecule has 134 valence electrons.